The summed E-state index contributed by atoms with van der Waals surface area (Å²) in [5.41, 5.74) is 0.804. The maximum Gasteiger partial charge on any atom is 0.222 e. The Hall–Kier alpha value is -1.84. The van der Waals surface area contributed by atoms with E-state index in [1.54, 1.807) is 18.2 Å². The van der Waals surface area contributed by atoms with Crippen LogP contribution in [0, 0.1) is 5.82 Å². The first-order valence-electron chi connectivity index (χ1n) is 5.09. The van der Waals surface area contributed by atoms with E-state index in [1.165, 1.54) is 12.1 Å². The van der Waals surface area contributed by atoms with Gasteiger partial charge >= 0.3 is 0 Å². The van der Waals surface area contributed by atoms with Gasteiger partial charge in [0.1, 0.15) is 5.82 Å². The summed E-state index contributed by atoms with van der Waals surface area (Å²) in [4.78, 5) is 11.2. The van der Waals surface area contributed by atoms with E-state index in [-0.39, 0.29) is 11.7 Å². The average Bonchev–Trinajstić information content (AvgIpc) is 2.29. The first kappa shape index (κ1) is 12.2. The molecule has 16 heavy (non-hydrogen) atoms. The van der Waals surface area contributed by atoms with Gasteiger partial charge in [0.05, 0.1) is 0 Å². The SMILES string of the molecule is C=CCNC(=O)CCNc1ccc(F)cc1. The van der Waals surface area contributed by atoms with Crippen LogP contribution in [0.1, 0.15) is 6.42 Å². The van der Waals surface area contributed by atoms with Gasteiger partial charge in [0, 0.05) is 25.2 Å². The Morgan fingerprint density at radius 3 is 2.69 bits per heavy atom. The van der Waals surface area contributed by atoms with Gasteiger partial charge in [-0.1, -0.05) is 6.08 Å². The minimum Gasteiger partial charge on any atom is -0.385 e. The minimum atomic E-state index is -0.269. The monoisotopic (exact) mass is 222 g/mol. The number of amides is 1. The Bertz CT molecular complexity index is 349. The molecule has 1 aromatic rings. The van der Waals surface area contributed by atoms with Gasteiger partial charge in [0.15, 0.2) is 0 Å². The molecule has 0 saturated carbocycles. The van der Waals surface area contributed by atoms with Gasteiger partial charge in [-0.05, 0) is 24.3 Å². The van der Waals surface area contributed by atoms with Crippen molar-refractivity contribution in [2.75, 3.05) is 18.4 Å². The fourth-order valence-corrected chi connectivity index (χ4v) is 1.16. The van der Waals surface area contributed by atoms with Crippen molar-refractivity contribution in [2.24, 2.45) is 0 Å². The van der Waals surface area contributed by atoms with Crippen LogP contribution < -0.4 is 10.6 Å². The molecule has 0 fully saturated rings. The highest BCUT2D eigenvalue weighted by atomic mass is 19.1. The summed E-state index contributed by atoms with van der Waals surface area (Å²) in [5.74, 6) is -0.302. The molecule has 0 unspecified atom stereocenters. The average molecular weight is 222 g/mol. The summed E-state index contributed by atoms with van der Waals surface area (Å²) >= 11 is 0. The smallest absolute Gasteiger partial charge is 0.222 e. The predicted octanol–water partition coefficient (Wildman–Crippen LogP) is 1.93. The number of anilines is 1. The Kier molecular flexibility index (Phi) is 5.05. The first-order chi connectivity index (χ1) is 7.72. The maximum atomic E-state index is 12.6. The molecule has 0 aliphatic rings. The van der Waals surface area contributed by atoms with Crippen molar-refractivity contribution >= 4 is 11.6 Å². The van der Waals surface area contributed by atoms with E-state index in [4.69, 9.17) is 0 Å². The van der Waals surface area contributed by atoms with Crippen molar-refractivity contribution in [1.82, 2.24) is 5.32 Å². The Morgan fingerprint density at radius 1 is 1.38 bits per heavy atom. The largest absolute Gasteiger partial charge is 0.385 e. The summed E-state index contributed by atoms with van der Waals surface area (Å²) in [5, 5.41) is 5.70. The molecule has 0 radical (unpaired) electrons. The molecule has 0 aliphatic heterocycles. The van der Waals surface area contributed by atoms with E-state index in [1.807, 2.05) is 0 Å². The maximum absolute atomic E-state index is 12.6. The highest BCUT2D eigenvalue weighted by Crippen LogP contribution is 2.07. The summed E-state index contributed by atoms with van der Waals surface area (Å²) in [6, 6.07) is 6.02. The lowest BCUT2D eigenvalue weighted by Crippen LogP contribution is -2.25. The van der Waals surface area contributed by atoms with Gasteiger partial charge in [-0.3, -0.25) is 4.79 Å². The molecule has 0 aromatic heterocycles. The third kappa shape index (κ3) is 4.59. The molecule has 0 atom stereocenters. The van der Waals surface area contributed by atoms with Gasteiger partial charge in [-0.15, -0.1) is 6.58 Å². The fourth-order valence-electron chi connectivity index (χ4n) is 1.16. The van der Waals surface area contributed by atoms with E-state index < -0.39 is 0 Å². The number of carbonyl (C=O) groups excluding carboxylic acids is 1. The summed E-state index contributed by atoms with van der Waals surface area (Å²) in [6.45, 7) is 4.51. The molecule has 3 nitrogen and oxygen atoms in total. The molecule has 1 rings (SSSR count). The molecule has 0 heterocycles. The first-order valence-corrected chi connectivity index (χ1v) is 5.09. The van der Waals surface area contributed by atoms with Crippen molar-refractivity contribution in [1.29, 1.82) is 0 Å². The Labute approximate surface area is 94.4 Å². The van der Waals surface area contributed by atoms with Gasteiger partial charge in [-0.2, -0.15) is 0 Å². The van der Waals surface area contributed by atoms with Gasteiger partial charge in [-0.25, -0.2) is 4.39 Å². The van der Waals surface area contributed by atoms with Crippen LogP contribution in [-0.2, 0) is 4.79 Å². The molecule has 0 saturated heterocycles. The topological polar surface area (TPSA) is 41.1 Å². The zero-order valence-corrected chi connectivity index (χ0v) is 9.00. The lowest BCUT2D eigenvalue weighted by atomic mass is 10.3. The van der Waals surface area contributed by atoms with Crippen LogP contribution in [0.2, 0.25) is 0 Å². The van der Waals surface area contributed by atoms with Crippen LogP contribution in [0.25, 0.3) is 0 Å². The molecule has 1 aromatic carbocycles. The summed E-state index contributed by atoms with van der Waals surface area (Å²) < 4.78 is 12.6. The predicted molar refractivity (Wildman–Crippen MR) is 62.7 cm³/mol. The number of nitrogens with one attached hydrogen (secondary N) is 2. The Balaban J connectivity index is 2.22. The van der Waals surface area contributed by atoms with Crippen LogP contribution in [0.15, 0.2) is 36.9 Å². The number of carbonyl (C=O) groups is 1. The van der Waals surface area contributed by atoms with Crippen LogP contribution >= 0.6 is 0 Å². The normalized spacial score (nSPS) is 9.56. The number of hydrogen-bond donors (Lipinski definition) is 2. The molecular weight excluding hydrogens is 207 g/mol. The molecule has 0 spiro atoms. The third-order valence-electron chi connectivity index (χ3n) is 1.97. The fraction of sp³-hybridized carbons (Fsp3) is 0.250. The van der Waals surface area contributed by atoms with Crippen LogP contribution in [0.3, 0.4) is 0 Å². The number of rotatable bonds is 6. The standard InChI is InChI=1S/C12H15FN2O/c1-2-8-15-12(16)7-9-14-11-5-3-10(13)4-6-11/h2-6,14H,1,7-9H2,(H,15,16). The second kappa shape index (κ2) is 6.61. The van der Waals surface area contributed by atoms with Crippen molar-refractivity contribution in [3.63, 3.8) is 0 Å². The van der Waals surface area contributed by atoms with Crippen molar-refractivity contribution < 1.29 is 9.18 Å². The molecular formula is C12H15FN2O. The second-order valence-corrected chi connectivity index (χ2v) is 3.28. The van der Waals surface area contributed by atoms with Gasteiger partial charge < -0.3 is 10.6 Å². The lowest BCUT2D eigenvalue weighted by molar-refractivity contribution is -0.120. The molecule has 4 heteroatoms. The number of hydrogen-bond acceptors (Lipinski definition) is 2. The lowest BCUT2D eigenvalue weighted by Gasteiger charge is -2.06. The minimum absolute atomic E-state index is 0.0329. The van der Waals surface area contributed by atoms with E-state index >= 15 is 0 Å². The van der Waals surface area contributed by atoms with Crippen molar-refractivity contribution in [3.8, 4) is 0 Å². The highest BCUT2D eigenvalue weighted by molar-refractivity contribution is 5.76. The van der Waals surface area contributed by atoms with E-state index in [2.05, 4.69) is 17.2 Å². The van der Waals surface area contributed by atoms with E-state index in [0.29, 0.717) is 19.5 Å². The number of benzene rings is 1. The molecule has 0 aliphatic carbocycles. The van der Waals surface area contributed by atoms with Gasteiger partial charge in [0.2, 0.25) is 5.91 Å². The molecule has 2 N–H and O–H groups in total. The van der Waals surface area contributed by atoms with Crippen LogP contribution in [-0.4, -0.2) is 19.0 Å². The highest BCUT2D eigenvalue weighted by Gasteiger charge is 1.98. The summed E-state index contributed by atoms with van der Waals surface area (Å²) in [7, 11) is 0. The molecule has 86 valence electrons. The van der Waals surface area contributed by atoms with Crippen molar-refractivity contribution in [2.45, 2.75) is 6.42 Å². The van der Waals surface area contributed by atoms with Crippen LogP contribution in [0.5, 0.6) is 0 Å². The third-order valence-corrected chi connectivity index (χ3v) is 1.97. The molecule has 0 bridgehead atoms. The zero-order chi connectivity index (χ0) is 11.8. The Morgan fingerprint density at radius 2 is 2.06 bits per heavy atom. The van der Waals surface area contributed by atoms with Crippen LogP contribution in [0.4, 0.5) is 10.1 Å². The van der Waals surface area contributed by atoms with E-state index in [9.17, 15) is 9.18 Å². The second-order valence-electron chi connectivity index (χ2n) is 3.28. The van der Waals surface area contributed by atoms with Gasteiger partial charge in [0.25, 0.3) is 0 Å². The van der Waals surface area contributed by atoms with E-state index in [0.717, 1.165) is 5.69 Å². The quantitative estimate of drug-likeness (QED) is 0.722. The van der Waals surface area contributed by atoms with Crippen molar-refractivity contribution in [3.05, 3.63) is 42.7 Å². The summed E-state index contributed by atoms with van der Waals surface area (Å²) in [6.07, 6.45) is 2.01. The molecule has 1 amide bonds. The zero-order valence-electron chi connectivity index (χ0n) is 9.00. The number of halogens is 1.